The molecule has 0 amide bonds. The van der Waals surface area contributed by atoms with Gasteiger partial charge in [0.1, 0.15) is 0 Å². The van der Waals surface area contributed by atoms with Crippen LogP contribution < -0.4 is 0 Å². The van der Waals surface area contributed by atoms with Gasteiger partial charge in [0.25, 0.3) is 0 Å². The number of ether oxygens (including phenoxy) is 1. The fraction of sp³-hybridized carbons (Fsp3) is 0.789. The van der Waals surface area contributed by atoms with Crippen LogP contribution in [0, 0.1) is 5.92 Å². The monoisotopic (exact) mass is 326 g/mol. The van der Waals surface area contributed by atoms with Crippen LogP contribution in [0.5, 0.6) is 0 Å². The lowest BCUT2D eigenvalue weighted by atomic mass is 9.97. The minimum atomic E-state index is -1.62. The van der Waals surface area contributed by atoms with E-state index in [0.717, 1.165) is 25.9 Å². The highest BCUT2D eigenvalue weighted by atomic mass is 28.4. The maximum absolute atomic E-state index is 6.27. The summed E-state index contributed by atoms with van der Waals surface area (Å²) in [7, 11) is -1.62. The lowest BCUT2D eigenvalue weighted by Gasteiger charge is -2.36. The molecule has 0 aromatic heterocycles. The summed E-state index contributed by atoms with van der Waals surface area (Å²) in [6.45, 7) is 25.1. The smallest absolute Gasteiger partial charge is 0.191 e. The van der Waals surface area contributed by atoms with E-state index in [1.165, 1.54) is 5.57 Å². The molecule has 0 aliphatic rings. The van der Waals surface area contributed by atoms with Gasteiger partial charge in [-0.3, -0.25) is 0 Å². The molecule has 0 N–H and O–H groups in total. The molecular formula is C19H38O2Si. The molecule has 0 radical (unpaired) electrons. The van der Waals surface area contributed by atoms with Gasteiger partial charge in [-0.1, -0.05) is 39.3 Å². The minimum absolute atomic E-state index is 0.248. The Hall–Kier alpha value is -0.383. The Morgan fingerprint density at radius 1 is 1.27 bits per heavy atom. The van der Waals surface area contributed by atoms with Crippen LogP contribution in [0.25, 0.3) is 0 Å². The Balaban J connectivity index is 4.26. The first-order chi connectivity index (χ1) is 9.99. The fourth-order valence-corrected chi connectivity index (χ4v) is 3.16. The van der Waals surface area contributed by atoms with E-state index < -0.39 is 8.32 Å². The molecule has 0 saturated heterocycles. The molecular weight excluding hydrogens is 288 g/mol. The first kappa shape index (κ1) is 21.6. The van der Waals surface area contributed by atoms with E-state index in [9.17, 15) is 0 Å². The predicted molar refractivity (Wildman–Crippen MR) is 101 cm³/mol. The van der Waals surface area contributed by atoms with Crippen LogP contribution in [0.2, 0.25) is 18.1 Å². The van der Waals surface area contributed by atoms with Crippen LogP contribution in [0.1, 0.15) is 53.9 Å². The Morgan fingerprint density at radius 2 is 1.86 bits per heavy atom. The quantitative estimate of drug-likeness (QED) is 0.344. The second kappa shape index (κ2) is 9.69. The Labute approximate surface area is 140 Å². The van der Waals surface area contributed by atoms with E-state index in [2.05, 4.69) is 60.9 Å². The van der Waals surface area contributed by atoms with Gasteiger partial charge in [-0.25, -0.2) is 0 Å². The van der Waals surface area contributed by atoms with Gasteiger partial charge >= 0.3 is 0 Å². The summed E-state index contributed by atoms with van der Waals surface area (Å²) >= 11 is 0. The third-order valence-electron chi connectivity index (χ3n) is 4.57. The number of rotatable bonds is 11. The highest BCUT2D eigenvalue weighted by Crippen LogP contribution is 2.36. The third-order valence-corrected chi connectivity index (χ3v) is 9.11. The van der Waals surface area contributed by atoms with E-state index in [0.29, 0.717) is 12.5 Å². The highest BCUT2D eigenvalue weighted by Gasteiger charge is 2.36. The van der Waals surface area contributed by atoms with Gasteiger partial charge in [-0.2, -0.15) is 0 Å². The van der Waals surface area contributed by atoms with Crippen molar-refractivity contribution in [2.75, 3.05) is 13.2 Å². The van der Waals surface area contributed by atoms with Crippen molar-refractivity contribution in [3.8, 4) is 0 Å². The van der Waals surface area contributed by atoms with Gasteiger partial charge in [0.2, 0.25) is 0 Å². The van der Waals surface area contributed by atoms with Crippen molar-refractivity contribution in [3.63, 3.8) is 0 Å². The van der Waals surface area contributed by atoms with Crippen LogP contribution in [0.3, 0.4) is 0 Å². The maximum atomic E-state index is 6.27. The van der Waals surface area contributed by atoms with Crippen LogP contribution >= 0.6 is 0 Å². The van der Waals surface area contributed by atoms with Gasteiger partial charge in [0, 0.05) is 6.61 Å². The van der Waals surface area contributed by atoms with Crippen molar-refractivity contribution in [1.82, 2.24) is 0 Å². The number of hydrogen-bond acceptors (Lipinski definition) is 2. The van der Waals surface area contributed by atoms with Crippen LogP contribution in [-0.4, -0.2) is 27.6 Å². The number of hydrogen-bond donors (Lipinski definition) is 0. The molecule has 0 bridgehead atoms. The predicted octanol–water partition coefficient (Wildman–Crippen LogP) is 5.96. The zero-order valence-corrected chi connectivity index (χ0v) is 17.0. The second-order valence-electron chi connectivity index (χ2n) is 8.14. The average molecular weight is 327 g/mol. The molecule has 2 atom stereocenters. The van der Waals surface area contributed by atoms with E-state index in [4.69, 9.17) is 9.16 Å². The average Bonchev–Trinajstić information content (AvgIpc) is 2.33. The van der Waals surface area contributed by atoms with Crippen molar-refractivity contribution >= 4 is 8.32 Å². The van der Waals surface area contributed by atoms with Gasteiger partial charge < -0.3 is 9.16 Å². The molecule has 0 aliphatic heterocycles. The van der Waals surface area contributed by atoms with Gasteiger partial charge in [0.15, 0.2) is 8.32 Å². The van der Waals surface area contributed by atoms with Gasteiger partial charge in [-0.15, -0.1) is 13.2 Å². The van der Waals surface area contributed by atoms with Crippen molar-refractivity contribution in [2.45, 2.75) is 78.1 Å². The molecule has 0 saturated carbocycles. The molecule has 0 aromatic carbocycles. The zero-order chi connectivity index (χ0) is 17.4. The van der Waals surface area contributed by atoms with E-state index in [1.807, 2.05) is 6.08 Å². The van der Waals surface area contributed by atoms with Crippen LogP contribution in [-0.2, 0) is 9.16 Å². The lowest BCUT2D eigenvalue weighted by Crippen LogP contribution is -2.41. The normalized spacial score (nSPS) is 15.4. The lowest BCUT2D eigenvalue weighted by molar-refractivity contribution is 0.0543. The first-order valence-corrected chi connectivity index (χ1v) is 11.4. The Kier molecular flexibility index (Phi) is 9.52. The fourth-order valence-electron chi connectivity index (χ4n) is 2.10. The minimum Gasteiger partial charge on any atom is -0.417 e. The van der Waals surface area contributed by atoms with Crippen LogP contribution in [0.4, 0.5) is 0 Å². The molecule has 0 aliphatic carbocycles. The Morgan fingerprint density at radius 3 is 2.32 bits per heavy atom. The first-order valence-electron chi connectivity index (χ1n) is 8.50. The molecule has 22 heavy (non-hydrogen) atoms. The topological polar surface area (TPSA) is 18.5 Å². The van der Waals surface area contributed by atoms with Crippen molar-refractivity contribution in [2.24, 2.45) is 5.92 Å². The van der Waals surface area contributed by atoms with E-state index in [1.54, 1.807) is 0 Å². The molecule has 1 unspecified atom stereocenters. The summed E-state index contributed by atoms with van der Waals surface area (Å²) < 4.78 is 12.1. The summed E-state index contributed by atoms with van der Waals surface area (Å²) in [5, 5.41) is 0.284. The maximum Gasteiger partial charge on any atom is 0.191 e. The summed E-state index contributed by atoms with van der Waals surface area (Å²) in [4.78, 5) is 0. The molecule has 0 rings (SSSR count). The summed E-state index contributed by atoms with van der Waals surface area (Å²) in [6, 6.07) is 0. The van der Waals surface area contributed by atoms with Gasteiger partial charge in [0.05, 0.1) is 12.7 Å². The molecule has 0 heterocycles. The third kappa shape index (κ3) is 8.91. The Bertz CT molecular complexity index is 342. The molecule has 0 spiro atoms. The van der Waals surface area contributed by atoms with E-state index >= 15 is 0 Å². The molecule has 0 aromatic rings. The highest BCUT2D eigenvalue weighted by molar-refractivity contribution is 6.74. The van der Waals surface area contributed by atoms with Crippen molar-refractivity contribution in [1.29, 1.82) is 0 Å². The van der Waals surface area contributed by atoms with Crippen molar-refractivity contribution < 1.29 is 9.16 Å². The molecule has 0 fully saturated rings. The SMILES string of the molecule is C=CCOC(CC(=C)C)C[C@@H](C)CCO[Si](C)(C)C(C)(C)C. The molecule has 3 heteroatoms. The van der Waals surface area contributed by atoms with Gasteiger partial charge in [-0.05, 0) is 50.2 Å². The van der Waals surface area contributed by atoms with E-state index in [-0.39, 0.29) is 11.1 Å². The molecule has 2 nitrogen and oxygen atoms in total. The molecule has 130 valence electrons. The second-order valence-corrected chi connectivity index (χ2v) is 13.0. The standard InChI is InChI=1S/C19H38O2Si/c1-10-12-20-18(14-16(2)3)15-17(4)11-13-21-22(8,9)19(5,6)7/h10,17-18H,1-2,11-15H2,3-9H3/t17-,18?/m0/s1. The summed E-state index contributed by atoms with van der Waals surface area (Å²) in [6.07, 6.45) is 5.15. The van der Waals surface area contributed by atoms with Crippen LogP contribution in [0.15, 0.2) is 24.8 Å². The summed E-state index contributed by atoms with van der Waals surface area (Å²) in [5.74, 6) is 0.596. The van der Waals surface area contributed by atoms with Crippen molar-refractivity contribution in [3.05, 3.63) is 24.8 Å². The zero-order valence-electron chi connectivity index (χ0n) is 16.0. The largest absolute Gasteiger partial charge is 0.417 e. The summed E-state index contributed by atoms with van der Waals surface area (Å²) in [5.41, 5.74) is 1.18.